The normalized spacial score (nSPS) is 11.8. The number of anilines is 1. The molecule has 0 atom stereocenters. The van der Waals surface area contributed by atoms with E-state index in [1.54, 1.807) is 0 Å². The van der Waals surface area contributed by atoms with Crippen LogP contribution in [0.1, 0.15) is 6.92 Å². The first-order chi connectivity index (χ1) is 8.70. The van der Waals surface area contributed by atoms with Crippen molar-refractivity contribution in [2.24, 2.45) is 5.73 Å². The Labute approximate surface area is 115 Å². The molecule has 1 amide bonds. The van der Waals surface area contributed by atoms with Gasteiger partial charge in [-0.3, -0.25) is 4.79 Å². The predicted molar refractivity (Wildman–Crippen MR) is 69.4 cm³/mol. The van der Waals surface area contributed by atoms with Crippen molar-refractivity contribution in [3.8, 4) is 0 Å². The van der Waals surface area contributed by atoms with Crippen LogP contribution in [0, 0.1) is 5.82 Å². The first-order valence-corrected chi connectivity index (χ1v) is 7.05. The van der Waals surface area contributed by atoms with E-state index in [4.69, 9.17) is 23.1 Å². The van der Waals surface area contributed by atoms with Gasteiger partial charge in [0, 0.05) is 6.54 Å². The molecule has 0 bridgehead atoms. The van der Waals surface area contributed by atoms with Gasteiger partial charge < -0.3 is 11.5 Å². The summed E-state index contributed by atoms with van der Waals surface area (Å²) in [5.74, 6) is -1.63. The minimum atomic E-state index is -4.06. The molecule has 0 unspecified atom stereocenters. The van der Waals surface area contributed by atoms with E-state index < -0.39 is 28.3 Å². The number of nitrogen functional groups attached to an aromatic ring is 1. The summed E-state index contributed by atoms with van der Waals surface area (Å²) < 4.78 is 38.5. The monoisotopic (exact) mass is 309 g/mol. The summed E-state index contributed by atoms with van der Waals surface area (Å²) in [6.07, 6.45) is 0. The molecule has 1 aromatic carbocycles. The summed E-state index contributed by atoms with van der Waals surface area (Å²) in [7, 11) is -4.06. The van der Waals surface area contributed by atoms with Gasteiger partial charge in [-0.15, -0.1) is 0 Å². The Bertz CT molecular complexity index is 606. The summed E-state index contributed by atoms with van der Waals surface area (Å²) in [5.41, 5.74) is 9.94. The molecule has 6 nitrogen and oxygen atoms in total. The van der Waals surface area contributed by atoms with Gasteiger partial charge in [-0.05, 0) is 12.1 Å². The number of sulfonamides is 1. The Morgan fingerprint density at radius 1 is 1.47 bits per heavy atom. The van der Waals surface area contributed by atoms with E-state index in [2.05, 4.69) is 0 Å². The Balaban J connectivity index is 3.33. The third-order valence-electron chi connectivity index (χ3n) is 2.35. The van der Waals surface area contributed by atoms with Gasteiger partial charge in [0.25, 0.3) is 0 Å². The molecule has 1 rings (SSSR count). The fraction of sp³-hybridized carbons (Fsp3) is 0.300. The maximum atomic E-state index is 13.1. The van der Waals surface area contributed by atoms with Crippen LogP contribution in [0.2, 0.25) is 5.02 Å². The van der Waals surface area contributed by atoms with Crippen LogP contribution in [0.5, 0.6) is 0 Å². The molecule has 0 fully saturated rings. The van der Waals surface area contributed by atoms with Gasteiger partial charge in [0.05, 0.1) is 17.3 Å². The maximum absolute atomic E-state index is 13.1. The fourth-order valence-electron chi connectivity index (χ4n) is 1.42. The minimum Gasteiger partial charge on any atom is -0.396 e. The first kappa shape index (κ1) is 15.7. The zero-order chi connectivity index (χ0) is 14.8. The number of nitrogens with zero attached hydrogens (tertiary/aromatic N) is 1. The average Bonchev–Trinajstić information content (AvgIpc) is 2.30. The summed E-state index contributed by atoms with van der Waals surface area (Å²) in [4.78, 5) is 10.5. The molecular formula is C10H13ClFN3O3S. The number of amides is 1. The van der Waals surface area contributed by atoms with Crippen molar-refractivity contribution in [1.29, 1.82) is 0 Å². The topological polar surface area (TPSA) is 106 Å². The lowest BCUT2D eigenvalue weighted by atomic mass is 10.3. The highest BCUT2D eigenvalue weighted by atomic mass is 35.5. The van der Waals surface area contributed by atoms with Crippen LogP contribution in [-0.4, -0.2) is 31.7 Å². The number of likely N-dealkylation sites (N-methyl/N-ethyl adjacent to an activating group) is 1. The molecule has 0 aliphatic rings. The first-order valence-electron chi connectivity index (χ1n) is 5.23. The quantitative estimate of drug-likeness (QED) is 0.775. The van der Waals surface area contributed by atoms with Crippen molar-refractivity contribution >= 4 is 33.2 Å². The van der Waals surface area contributed by atoms with Crippen LogP contribution >= 0.6 is 11.6 Å². The second-order valence-electron chi connectivity index (χ2n) is 3.70. The molecule has 0 aliphatic heterocycles. The standard InChI is InChI=1S/C10H13ClFN3O3S/c1-2-15(5-10(14)16)19(17,18)9-4-8(13)7(12)3-6(9)11/h3-4H,2,5,13H2,1H3,(H2,14,16). The second-order valence-corrected chi connectivity index (χ2v) is 6.02. The van der Waals surface area contributed by atoms with Crippen LogP contribution in [0.3, 0.4) is 0 Å². The Morgan fingerprint density at radius 2 is 2.05 bits per heavy atom. The third-order valence-corrected chi connectivity index (χ3v) is 4.74. The smallest absolute Gasteiger partial charge is 0.245 e. The number of carbonyl (C=O) groups excluding carboxylic acids is 1. The van der Waals surface area contributed by atoms with E-state index in [1.807, 2.05) is 0 Å². The van der Waals surface area contributed by atoms with Gasteiger partial charge in [-0.2, -0.15) is 4.31 Å². The number of benzene rings is 1. The lowest BCUT2D eigenvalue weighted by molar-refractivity contribution is -0.118. The molecule has 0 heterocycles. The molecular weight excluding hydrogens is 297 g/mol. The van der Waals surface area contributed by atoms with Gasteiger partial charge in [0.15, 0.2) is 0 Å². The molecule has 0 saturated carbocycles. The number of hydrogen-bond donors (Lipinski definition) is 2. The van der Waals surface area contributed by atoms with E-state index in [9.17, 15) is 17.6 Å². The van der Waals surface area contributed by atoms with Crippen molar-refractivity contribution in [3.63, 3.8) is 0 Å². The Morgan fingerprint density at radius 3 is 2.53 bits per heavy atom. The second kappa shape index (κ2) is 5.72. The van der Waals surface area contributed by atoms with Crippen LogP contribution in [-0.2, 0) is 14.8 Å². The van der Waals surface area contributed by atoms with Crippen molar-refractivity contribution in [2.75, 3.05) is 18.8 Å². The highest BCUT2D eigenvalue weighted by Gasteiger charge is 2.27. The minimum absolute atomic E-state index is 0.0128. The van der Waals surface area contributed by atoms with E-state index in [1.165, 1.54) is 6.92 Å². The van der Waals surface area contributed by atoms with Crippen LogP contribution < -0.4 is 11.5 Å². The molecule has 0 spiro atoms. The maximum Gasteiger partial charge on any atom is 0.245 e. The molecule has 0 aromatic heterocycles. The van der Waals surface area contributed by atoms with E-state index in [-0.39, 0.29) is 22.2 Å². The predicted octanol–water partition coefficient (Wildman–Crippen LogP) is 0.557. The molecule has 1 aromatic rings. The van der Waals surface area contributed by atoms with Crippen LogP contribution in [0.25, 0.3) is 0 Å². The largest absolute Gasteiger partial charge is 0.396 e. The summed E-state index contributed by atoms with van der Waals surface area (Å²) >= 11 is 5.71. The van der Waals surface area contributed by atoms with E-state index >= 15 is 0 Å². The third kappa shape index (κ3) is 3.34. The Kier molecular flexibility index (Phi) is 4.72. The number of carbonyl (C=O) groups is 1. The van der Waals surface area contributed by atoms with Gasteiger partial charge in [0.2, 0.25) is 15.9 Å². The fourth-order valence-corrected chi connectivity index (χ4v) is 3.36. The van der Waals surface area contributed by atoms with Crippen LogP contribution in [0.15, 0.2) is 17.0 Å². The highest BCUT2D eigenvalue weighted by molar-refractivity contribution is 7.89. The Hall–Kier alpha value is -1.38. The lowest BCUT2D eigenvalue weighted by Crippen LogP contribution is -2.38. The number of halogens is 2. The molecule has 4 N–H and O–H groups in total. The van der Waals surface area contributed by atoms with E-state index in [0.717, 1.165) is 16.4 Å². The van der Waals surface area contributed by atoms with Crippen molar-refractivity contribution in [3.05, 3.63) is 23.0 Å². The van der Waals surface area contributed by atoms with Gasteiger partial charge in [-0.1, -0.05) is 18.5 Å². The zero-order valence-electron chi connectivity index (χ0n) is 10.1. The van der Waals surface area contributed by atoms with Gasteiger partial charge >= 0.3 is 0 Å². The average molecular weight is 310 g/mol. The molecule has 0 radical (unpaired) electrons. The number of hydrogen-bond acceptors (Lipinski definition) is 4. The molecule has 0 saturated heterocycles. The number of nitrogens with two attached hydrogens (primary N) is 2. The van der Waals surface area contributed by atoms with Crippen LogP contribution in [0.4, 0.5) is 10.1 Å². The molecule has 0 aliphatic carbocycles. The van der Waals surface area contributed by atoms with Gasteiger partial charge in [0.1, 0.15) is 10.7 Å². The molecule has 106 valence electrons. The van der Waals surface area contributed by atoms with E-state index in [0.29, 0.717) is 0 Å². The van der Waals surface area contributed by atoms with Crippen molar-refractivity contribution in [2.45, 2.75) is 11.8 Å². The number of rotatable bonds is 5. The SMILES string of the molecule is CCN(CC(N)=O)S(=O)(=O)c1cc(N)c(F)cc1Cl. The van der Waals surface area contributed by atoms with Crippen molar-refractivity contribution in [1.82, 2.24) is 4.31 Å². The number of primary amides is 1. The lowest BCUT2D eigenvalue weighted by Gasteiger charge is -2.19. The highest BCUT2D eigenvalue weighted by Crippen LogP contribution is 2.28. The summed E-state index contributed by atoms with van der Waals surface area (Å²) in [6.45, 7) is 1.05. The summed E-state index contributed by atoms with van der Waals surface area (Å²) in [5, 5.41) is -0.311. The summed E-state index contributed by atoms with van der Waals surface area (Å²) in [6, 6.07) is 1.72. The van der Waals surface area contributed by atoms with Gasteiger partial charge in [-0.25, -0.2) is 12.8 Å². The zero-order valence-corrected chi connectivity index (χ0v) is 11.6. The van der Waals surface area contributed by atoms with Crippen molar-refractivity contribution < 1.29 is 17.6 Å². The molecule has 19 heavy (non-hydrogen) atoms. The molecule has 9 heteroatoms.